The summed E-state index contributed by atoms with van der Waals surface area (Å²) in [6, 6.07) is 0. The Morgan fingerprint density at radius 3 is 2.82 bits per heavy atom. The van der Waals surface area contributed by atoms with Crippen LogP contribution in [-0.2, 0) is 6.42 Å². The number of amides is 1. The Balaban J connectivity index is 2.63. The summed E-state index contributed by atoms with van der Waals surface area (Å²) in [6.07, 6.45) is 1.50. The molecule has 2 N–H and O–H groups in total. The molecule has 1 rings (SSSR count). The number of hydrogen-bond acceptors (Lipinski definition) is 4. The average molecular weight is 256 g/mol. The van der Waals surface area contributed by atoms with Gasteiger partial charge in [0.15, 0.2) is 0 Å². The van der Waals surface area contributed by atoms with E-state index in [1.165, 1.54) is 11.3 Å². The number of hydrogen-bond donors (Lipinski definition) is 2. The van der Waals surface area contributed by atoms with Crippen LogP contribution < -0.4 is 5.32 Å². The Morgan fingerprint density at radius 2 is 2.24 bits per heavy atom. The minimum Gasteiger partial charge on any atom is -0.396 e. The summed E-state index contributed by atoms with van der Waals surface area (Å²) < 4.78 is 0. The van der Waals surface area contributed by atoms with Gasteiger partial charge < -0.3 is 10.4 Å². The van der Waals surface area contributed by atoms with Gasteiger partial charge in [-0.05, 0) is 19.3 Å². The number of carbonyl (C=O) groups is 1. The summed E-state index contributed by atoms with van der Waals surface area (Å²) in [6.45, 7) is 6.74. The van der Waals surface area contributed by atoms with Crippen LogP contribution in [0.15, 0.2) is 0 Å². The third-order valence-electron chi connectivity index (χ3n) is 2.25. The molecule has 1 aromatic rings. The molecular formula is C12H20N2O2S. The quantitative estimate of drug-likeness (QED) is 0.762. The Kier molecular flexibility index (Phi) is 5.58. The highest BCUT2D eigenvalue weighted by Gasteiger charge is 2.15. The fraction of sp³-hybridized carbons (Fsp3) is 0.667. The van der Waals surface area contributed by atoms with E-state index >= 15 is 0 Å². The maximum absolute atomic E-state index is 11.8. The number of carbonyl (C=O) groups excluding carboxylic acids is 1. The summed E-state index contributed by atoms with van der Waals surface area (Å²) >= 11 is 1.47. The number of thiazole rings is 1. The first-order valence-corrected chi connectivity index (χ1v) is 6.71. The van der Waals surface area contributed by atoms with E-state index in [0.29, 0.717) is 23.8 Å². The number of rotatable bonds is 6. The van der Waals surface area contributed by atoms with Crippen LogP contribution in [0.3, 0.4) is 0 Å². The number of nitrogens with one attached hydrogen (secondary N) is 1. The topological polar surface area (TPSA) is 62.2 Å². The molecule has 0 saturated carbocycles. The second-order valence-electron chi connectivity index (χ2n) is 4.45. The smallest absolute Gasteiger partial charge is 0.263 e. The van der Waals surface area contributed by atoms with Crippen molar-refractivity contribution in [1.82, 2.24) is 10.3 Å². The zero-order valence-corrected chi connectivity index (χ0v) is 11.4. The molecule has 0 aliphatic carbocycles. The van der Waals surface area contributed by atoms with Gasteiger partial charge in [0.1, 0.15) is 4.88 Å². The molecule has 96 valence electrons. The normalized spacial score (nSPS) is 10.9. The maximum Gasteiger partial charge on any atom is 0.263 e. The fourth-order valence-electron chi connectivity index (χ4n) is 1.46. The van der Waals surface area contributed by atoms with Crippen molar-refractivity contribution in [3.63, 3.8) is 0 Å². The van der Waals surface area contributed by atoms with Crippen LogP contribution in [0.25, 0.3) is 0 Å². The zero-order valence-electron chi connectivity index (χ0n) is 10.6. The van der Waals surface area contributed by atoms with Gasteiger partial charge in [0.25, 0.3) is 5.91 Å². The average Bonchev–Trinajstić information content (AvgIpc) is 2.58. The van der Waals surface area contributed by atoms with Gasteiger partial charge in [0, 0.05) is 19.6 Å². The van der Waals surface area contributed by atoms with E-state index in [9.17, 15) is 4.79 Å². The predicted molar refractivity (Wildman–Crippen MR) is 69.4 cm³/mol. The van der Waals surface area contributed by atoms with Crippen molar-refractivity contribution in [2.24, 2.45) is 5.92 Å². The molecule has 1 aromatic heterocycles. The highest BCUT2D eigenvalue weighted by atomic mass is 32.1. The van der Waals surface area contributed by atoms with Gasteiger partial charge in [-0.1, -0.05) is 13.8 Å². The summed E-state index contributed by atoms with van der Waals surface area (Å²) in [5.74, 6) is 0.467. The number of aromatic nitrogens is 1. The van der Waals surface area contributed by atoms with E-state index in [0.717, 1.165) is 17.1 Å². The van der Waals surface area contributed by atoms with Crippen LogP contribution in [0.2, 0.25) is 0 Å². The Hall–Kier alpha value is -0.940. The lowest BCUT2D eigenvalue weighted by Crippen LogP contribution is -2.24. The lowest BCUT2D eigenvalue weighted by atomic mass is 10.1. The molecule has 0 spiro atoms. The monoisotopic (exact) mass is 256 g/mol. The molecule has 0 atom stereocenters. The maximum atomic E-state index is 11.8. The Morgan fingerprint density at radius 1 is 1.53 bits per heavy atom. The largest absolute Gasteiger partial charge is 0.396 e. The van der Waals surface area contributed by atoms with Gasteiger partial charge in [-0.3, -0.25) is 4.79 Å². The first-order chi connectivity index (χ1) is 8.04. The van der Waals surface area contributed by atoms with Gasteiger partial charge in [0.2, 0.25) is 0 Å². The van der Waals surface area contributed by atoms with E-state index in [2.05, 4.69) is 24.1 Å². The van der Waals surface area contributed by atoms with E-state index in [1.807, 2.05) is 6.92 Å². The molecule has 0 fully saturated rings. The second kappa shape index (κ2) is 6.71. The van der Waals surface area contributed by atoms with Crippen molar-refractivity contribution < 1.29 is 9.90 Å². The summed E-state index contributed by atoms with van der Waals surface area (Å²) in [5, 5.41) is 12.4. The fourth-order valence-corrected chi connectivity index (χ4v) is 2.65. The molecule has 0 aliphatic rings. The molecule has 0 unspecified atom stereocenters. The molecule has 5 heteroatoms. The molecule has 0 saturated heterocycles. The number of aryl methyl sites for hydroxylation is 1. The standard InChI is InChI=1S/C12H20N2O2S/c1-8(2)7-10-14-9(3)11(17-10)12(16)13-5-4-6-15/h8,15H,4-7H2,1-3H3,(H,13,16). The predicted octanol–water partition coefficient (Wildman–Crippen LogP) is 1.76. The second-order valence-corrected chi connectivity index (χ2v) is 5.54. The van der Waals surface area contributed by atoms with Crippen LogP contribution in [-0.4, -0.2) is 29.1 Å². The molecule has 17 heavy (non-hydrogen) atoms. The van der Waals surface area contributed by atoms with Crippen molar-refractivity contribution in [2.75, 3.05) is 13.2 Å². The molecule has 1 heterocycles. The first-order valence-electron chi connectivity index (χ1n) is 5.90. The Labute approximate surface area is 106 Å². The molecular weight excluding hydrogens is 236 g/mol. The van der Waals surface area contributed by atoms with Crippen LogP contribution in [0, 0.1) is 12.8 Å². The SMILES string of the molecule is Cc1nc(CC(C)C)sc1C(=O)NCCCO. The van der Waals surface area contributed by atoms with Crippen molar-refractivity contribution in [1.29, 1.82) is 0 Å². The van der Waals surface area contributed by atoms with E-state index in [4.69, 9.17) is 5.11 Å². The van der Waals surface area contributed by atoms with Crippen LogP contribution in [0.1, 0.15) is 40.6 Å². The minimum absolute atomic E-state index is 0.0801. The van der Waals surface area contributed by atoms with E-state index < -0.39 is 0 Å². The highest BCUT2D eigenvalue weighted by Crippen LogP contribution is 2.20. The van der Waals surface area contributed by atoms with Crippen molar-refractivity contribution in [3.8, 4) is 0 Å². The third kappa shape index (κ3) is 4.44. The van der Waals surface area contributed by atoms with Crippen LogP contribution in [0.4, 0.5) is 0 Å². The van der Waals surface area contributed by atoms with Crippen LogP contribution >= 0.6 is 11.3 Å². The van der Waals surface area contributed by atoms with Crippen LogP contribution in [0.5, 0.6) is 0 Å². The summed E-state index contributed by atoms with van der Waals surface area (Å²) in [4.78, 5) is 16.9. The third-order valence-corrected chi connectivity index (χ3v) is 3.43. The number of nitrogens with zero attached hydrogens (tertiary/aromatic N) is 1. The van der Waals surface area contributed by atoms with Gasteiger partial charge in [-0.2, -0.15) is 0 Å². The molecule has 0 radical (unpaired) electrons. The molecule has 4 nitrogen and oxygen atoms in total. The summed E-state index contributed by atoms with van der Waals surface area (Å²) in [5.41, 5.74) is 0.798. The lowest BCUT2D eigenvalue weighted by Gasteiger charge is -2.01. The van der Waals surface area contributed by atoms with Gasteiger partial charge >= 0.3 is 0 Å². The minimum atomic E-state index is -0.0801. The van der Waals surface area contributed by atoms with Gasteiger partial charge in [-0.15, -0.1) is 11.3 Å². The van der Waals surface area contributed by atoms with Gasteiger partial charge in [0.05, 0.1) is 10.7 Å². The molecule has 0 bridgehead atoms. The Bertz CT molecular complexity index is 375. The summed E-state index contributed by atoms with van der Waals surface area (Å²) in [7, 11) is 0. The molecule has 0 aliphatic heterocycles. The number of aliphatic hydroxyl groups is 1. The molecule has 1 amide bonds. The first kappa shape index (κ1) is 14.1. The van der Waals surface area contributed by atoms with Crippen molar-refractivity contribution in [2.45, 2.75) is 33.6 Å². The van der Waals surface area contributed by atoms with E-state index in [1.54, 1.807) is 0 Å². The number of aliphatic hydroxyl groups excluding tert-OH is 1. The van der Waals surface area contributed by atoms with Crippen molar-refractivity contribution >= 4 is 17.2 Å². The molecule has 0 aromatic carbocycles. The zero-order chi connectivity index (χ0) is 12.8. The van der Waals surface area contributed by atoms with Gasteiger partial charge in [-0.25, -0.2) is 4.98 Å². The lowest BCUT2D eigenvalue weighted by molar-refractivity contribution is 0.0954. The highest BCUT2D eigenvalue weighted by molar-refractivity contribution is 7.13. The van der Waals surface area contributed by atoms with Crippen molar-refractivity contribution in [3.05, 3.63) is 15.6 Å². The van der Waals surface area contributed by atoms with E-state index in [-0.39, 0.29) is 12.5 Å².